The Balaban J connectivity index is 2.11. The summed E-state index contributed by atoms with van der Waals surface area (Å²) in [6.07, 6.45) is 0. The molecule has 0 saturated carbocycles. The number of aryl methyl sites for hydroxylation is 2. The Labute approximate surface area is 166 Å². The molecule has 2 N–H and O–H groups in total. The highest BCUT2D eigenvalue weighted by molar-refractivity contribution is 7.18. The Morgan fingerprint density at radius 2 is 1.61 bits per heavy atom. The molecule has 28 heavy (non-hydrogen) atoms. The number of hydrogen-bond donors (Lipinski definition) is 1. The van der Waals surface area contributed by atoms with Gasteiger partial charge in [0.2, 0.25) is 0 Å². The van der Waals surface area contributed by atoms with E-state index in [4.69, 9.17) is 19.9 Å². The summed E-state index contributed by atoms with van der Waals surface area (Å²) in [6.45, 7) is 3.16. The monoisotopic (exact) mass is 407 g/mol. The van der Waals surface area contributed by atoms with E-state index >= 15 is 0 Å². The number of ether oxygens (including phenoxy) is 4. The second-order valence-corrected chi connectivity index (χ2v) is 6.96. The number of methoxy groups -OCH3 is 2. The molecule has 0 unspecified atom stereocenters. The molecule has 0 radical (unpaired) electrons. The maximum Gasteiger partial charge on any atom is 0.348 e. The summed E-state index contributed by atoms with van der Waals surface area (Å²) in [7, 11) is 2.38. The highest BCUT2D eigenvalue weighted by Gasteiger charge is 2.28. The SMILES string of the molecule is COC(=O)c1sc(N)c(C(=O)OC)c1COC(=O)COc1cc(C)cc(C)c1. The van der Waals surface area contributed by atoms with E-state index in [0.717, 1.165) is 22.5 Å². The Kier molecular flexibility index (Phi) is 7.00. The van der Waals surface area contributed by atoms with E-state index in [2.05, 4.69) is 4.74 Å². The fourth-order valence-corrected chi connectivity index (χ4v) is 3.54. The molecule has 1 aromatic carbocycles. The summed E-state index contributed by atoms with van der Waals surface area (Å²) < 4.78 is 20.0. The van der Waals surface area contributed by atoms with Crippen LogP contribution >= 0.6 is 11.3 Å². The first kappa shape index (κ1) is 21.2. The molecule has 8 nitrogen and oxygen atoms in total. The van der Waals surface area contributed by atoms with Crippen LogP contribution in [0.1, 0.15) is 36.7 Å². The Morgan fingerprint density at radius 3 is 2.18 bits per heavy atom. The van der Waals surface area contributed by atoms with E-state index in [1.807, 2.05) is 19.9 Å². The van der Waals surface area contributed by atoms with Crippen LogP contribution in [0.4, 0.5) is 5.00 Å². The van der Waals surface area contributed by atoms with E-state index in [9.17, 15) is 14.4 Å². The lowest BCUT2D eigenvalue weighted by Crippen LogP contribution is -2.17. The predicted octanol–water partition coefficient (Wildman–Crippen LogP) is 2.64. The molecule has 0 amide bonds. The van der Waals surface area contributed by atoms with Crippen molar-refractivity contribution >= 4 is 34.2 Å². The lowest BCUT2D eigenvalue weighted by atomic mass is 10.1. The van der Waals surface area contributed by atoms with Crippen molar-refractivity contribution in [2.45, 2.75) is 20.5 Å². The molecule has 2 rings (SSSR count). The second kappa shape index (κ2) is 9.23. The van der Waals surface area contributed by atoms with Gasteiger partial charge in [0.05, 0.1) is 14.2 Å². The summed E-state index contributed by atoms with van der Waals surface area (Å²) in [4.78, 5) is 36.1. The van der Waals surface area contributed by atoms with Crippen LogP contribution in [0, 0.1) is 13.8 Å². The number of thiophene rings is 1. The van der Waals surface area contributed by atoms with Crippen molar-refractivity contribution in [1.29, 1.82) is 0 Å². The zero-order valence-electron chi connectivity index (χ0n) is 16.0. The fourth-order valence-electron chi connectivity index (χ4n) is 2.56. The summed E-state index contributed by atoms with van der Waals surface area (Å²) >= 11 is 0.862. The largest absolute Gasteiger partial charge is 0.482 e. The quantitative estimate of drug-likeness (QED) is 0.550. The number of esters is 3. The van der Waals surface area contributed by atoms with Gasteiger partial charge in [0.25, 0.3) is 0 Å². The standard InChI is InChI=1S/C19H21NO7S/c1-10-5-11(2)7-12(6-10)26-9-14(21)27-8-13-15(18(22)24-3)17(20)28-16(13)19(23)25-4/h5-7H,8-9,20H2,1-4H3. The maximum atomic E-state index is 12.1. The van der Waals surface area contributed by atoms with Crippen LogP contribution in [0.5, 0.6) is 5.75 Å². The van der Waals surface area contributed by atoms with Crippen molar-refractivity contribution in [1.82, 2.24) is 0 Å². The lowest BCUT2D eigenvalue weighted by molar-refractivity contribution is -0.147. The van der Waals surface area contributed by atoms with Gasteiger partial charge in [-0.3, -0.25) is 0 Å². The van der Waals surface area contributed by atoms with E-state index in [0.29, 0.717) is 5.75 Å². The topological polar surface area (TPSA) is 114 Å². The van der Waals surface area contributed by atoms with Gasteiger partial charge in [-0.05, 0) is 37.1 Å². The van der Waals surface area contributed by atoms with Crippen molar-refractivity contribution in [3.05, 3.63) is 45.3 Å². The molecule has 0 spiro atoms. The molecule has 0 aliphatic carbocycles. The minimum atomic E-state index is -0.735. The van der Waals surface area contributed by atoms with Crippen molar-refractivity contribution in [2.75, 3.05) is 26.6 Å². The first-order valence-electron chi connectivity index (χ1n) is 8.21. The third-order valence-electron chi connectivity index (χ3n) is 3.72. The molecule has 0 saturated heterocycles. The van der Waals surface area contributed by atoms with Crippen LogP contribution in [0.15, 0.2) is 18.2 Å². The van der Waals surface area contributed by atoms with Crippen LogP contribution in [0.25, 0.3) is 0 Å². The highest BCUT2D eigenvalue weighted by atomic mass is 32.1. The molecule has 150 valence electrons. The molecule has 0 aliphatic rings. The molecular weight excluding hydrogens is 386 g/mol. The number of hydrogen-bond acceptors (Lipinski definition) is 9. The van der Waals surface area contributed by atoms with Gasteiger partial charge >= 0.3 is 17.9 Å². The predicted molar refractivity (Wildman–Crippen MR) is 103 cm³/mol. The summed E-state index contributed by atoms with van der Waals surface area (Å²) in [5.41, 5.74) is 7.95. The van der Waals surface area contributed by atoms with Crippen LogP contribution in [-0.4, -0.2) is 38.7 Å². The van der Waals surface area contributed by atoms with Crippen molar-refractivity contribution in [3.8, 4) is 5.75 Å². The zero-order chi connectivity index (χ0) is 20.8. The number of rotatable bonds is 7. The van der Waals surface area contributed by atoms with Gasteiger partial charge in [0.1, 0.15) is 27.8 Å². The zero-order valence-corrected chi connectivity index (χ0v) is 16.8. The molecule has 9 heteroatoms. The van der Waals surface area contributed by atoms with Crippen LogP contribution in [0.3, 0.4) is 0 Å². The van der Waals surface area contributed by atoms with Crippen molar-refractivity contribution in [3.63, 3.8) is 0 Å². The normalized spacial score (nSPS) is 10.3. The fraction of sp³-hybridized carbons (Fsp3) is 0.316. The van der Waals surface area contributed by atoms with Gasteiger partial charge in [0, 0.05) is 5.56 Å². The van der Waals surface area contributed by atoms with Gasteiger partial charge in [-0.25, -0.2) is 14.4 Å². The minimum absolute atomic E-state index is 0.0177. The van der Waals surface area contributed by atoms with Crippen molar-refractivity contribution < 1.29 is 33.3 Å². The molecule has 1 heterocycles. The van der Waals surface area contributed by atoms with E-state index < -0.39 is 17.9 Å². The number of carbonyl (C=O) groups excluding carboxylic acids is 3. The number of nitrogen functional groups attached to an aromatic ring is 1. The number of nitrogens with two attached hydrogens (primary N) is 1. The Morgan fingerprint density at radius 1 is 1.00 bits per heavy atom. The smallest absolute Gasteiger partial charge is 0.348 e. The van der Waals surface area contributed by atoms with Gasteiger partial charge in [-0.15, -0.1) is 11.3 Å². The Hall–Kier alpha value is -3.07. The summed E-state index contributed by atoms with van der Waals surface area (Å²) in [5, 5.41) is 0.0739. The molecule has 2 aromatic rings. The third-order valence-corrected chi connectivity index (χ3v) is 4.77. The molecule has 0 atom stereocenters. The Bertz CT molecular complexity index is 884. The summed E-state index contributed by atoms with van der Waals surface area (Å²) in [5.74, 6) is -1.55. The first-order chi connectivity index (χ1) is 13.3. The van der Waals surface area contributed by atoms with E-state index in [1.54, 1.807) is 12.1 Å². The van der Waals surface area contributed by atoms with E-state index in [1.165, 1.54) is 14.2 Å². The number of anilines is 1. The lowest BCUT2D eigenvalue weighted by Gasteiger charge is -2.10. The van der Waals surface area contributed by atoms with E-state index in [-0.39, 0.29) is 34.2 Å². The molecule has 1 aromatic heterocycles. The molecular formula is C19H21NO7S. The van der Waals surface area contributed by atoms with Gasteiger partial charge < -0.3 is 24.7 Å². The van der Waals surface area contributed by atoms with Crippen LogP contribution in [-0.2, 0) is 25.6 Å². The minimum Gasteiger partial charge on any atom is -0.482 e. The average Bonchev–Trinajstić information content (AvgIpc) is 2.98. The first-order valence-corrected chi connectivity index (χ1v) is 9.03. The number of carbonyl (C=O) groups is 3. The second-order valence-electron chi connectivity index (χ2n) is 5.90. The van der Waals surface area contributed by atoms with Gasteiger partial charge in [0.15, 0.2) is 6.61 Å². The molecule has 0 fully saturated rings. The average molecular weight is 407 g/mol. The van der Waals surface area contributed by atoms with Crippen LogP contribution in [0.2, 0.25) is 0 Å². The van der Waals surface area contributed by atoms with Crippen molar-refractivity contribution in [2.24, 2.45) is 0 Å². The van der Waals surface area contributed by atoms with Crippen LogP contribution < -0.4 is 10.5 Å². The molecule has 0 aliphatic heterocycles. The highest BCUT2D eigenvalue weighted by Crippen LogP contribution is 2.33. The molecule has 0 bridgehead atoms. The maximum absolute atomic E-state index is 12.1. The summed E-state index contributed by atoms with van der Waals surface area (Å²) in [6, 6.07) is 5.57. The third kappa shape index (κ3) is 5.01. The van der Waals surface area contributed by atoms with Gasteiger partial charge in [-0.2, -0.15) is 0 Å². The van der Waals surface area contributed by atoms with Gasteiger partial charge in [-0.1, -0.05) is 6.07 Å². The number of benzene rings is 1.